The van der Waals surface area contributed by atoms with Crippen molar-refractivity contribution in [1.29, 1.82) is 0 Å². The zero-order valence-corrected chi connectivity index (χ0v) is 20.4. The summed E-state index contributed by atoms with van der Waals surface area (Å²) in [4.78, 5) is 18.8. The third-order valence-corrected chi connectivity index (χ3v) is 6.19. The van der Waals surface area contributed by atoms with Gasteiger partial charge in [-0.2, -0.15) is 18.3 Å². The SMILES string of the molecule is O=C(O)C(F)(F)F.c1ccc2c(Nc3ccc4[nH]ncc4c3)nc(-c3cccc4oc5ccccc5c34)nc2c1. The van der Waals surface area contributed by atoms with Crippen LogP contribution in [-0.2, 0) is 4.79 Å². The van der Waals surface area contributed by atoms with Crippen LogP contribution in [0.4, 0.5) is 24.7 Å². The van der Waals surface area contributed by atoms with Crippen molar-refractivity contribution in [3.8, 4) is 11.4 Å². The highest BCUT2D eigenvalue weighted by Crippen LogP contribution is 2.37. The van der Waals surface area contributed by atoms with Crippen molar-refractivity contribution in [2.45, 2.75) is 6.18 Å². The molecule has 0 saturated carbocycles. The number of aromatic amines is 1. The molecule has 0 aliphatic carbocycles. The number of carbonyl (C=O) groups is 1. The molecule has 7 rings (SSSR count). The number of carboxylic acid groups (broad SMARTS) is 1. The Hall–Kier alpha value is -5.45. The van der Waals surface area contributed by atoms with Gasteiger partial charge in [-0.15, -0.1) is 0 Å². The van der Waals surface area contributed by atoms with E-state index in [1.807, 2.05) is 72.9 Å². The first-order valence-corrected chi connectivity index (χ1v) is 12.0. The van der Waals surface area contributed by atoms with E-state index in [1.165, 1.54) is 0 Å². The van der Waals surface area contributed by atoms with Crippen LogP contribution in [0.5, 0.6) is 0 Å². The zero-order chi connectivity index (χ0) is 27.9. The van der Waals surface area contributed by atoms with Gasteiger partial charge in [0, 0.05) is 32.8 Å². The summed E-state index contributed by atoms with van der Waals surface area (Å²) in [5.41, 5.74) is 5.42. The number of anilines is 2. The second-order valence-electron chi connectivity index (χ2n) is 8.79. The van der Waals surface area contributed by atoms with E-state index in [4.69, 9.17) is 24.3 Å². The highest BCUT2D eigenvalue weighted by atomic mass is 19.4. The summed E-state index contributed by atoms with van der Waals surface area (Å²) in [6.07, 6.45) is -3.27. The number of para-hydroxylation sites is 2. The number of nitrogens with one attached hydrogen (secondary N) is 2. The molecule has 3 aromatic heterocycles. The lowest BCUT2D eigenvalue weighted by atomic mass is 10.1. The number of rotatable bonds is 3. The minimum absolute atomic E-state index is 0.651. The molecule has 40 heavy (non-hydrogen) atoms. The molecule has 0 aliphatic rings. The van der Waals surface area contributed by atoms with E-state index < -0.39 is 12.1 Å². The number of alkyl halides is 3. The Morgan fingerprint density at radius 1 is 0.875 bits per heavy atom. The Labute approximate surface area is 223 Å². The first-order chi connectivity index (χ1) is 19.3. The minimum Gasteiger partial charge on any atom is -0.475 e. The van der Waals surface area contributed by atoms with Crippen molar-refractivity contribution >= 4 is 61.2 Å². The standard InChI is InChI=1S/C27H17N5O.C2HF3O2/c1-3-9-22-18(6-1)26(29-17-12-13-21-16(14-17)15-28-32-21)31-27(30-22)20-8-5-11-24-25(20)19-7-2-4-10-23(19)33-24;3-2(4,5)1(6)7/h1-15H,(H,28,32)(H,29,30,31);(H,6,7). The van der Waals surface area contributed by atoms with Gasteiger partial charge in [0.05, 0.1) is 17.2 Å². The maximum atomic E-state index is 10.6. The first-order valence-electron chi connectivity index (χ1n) is 12.0. The number of benzene rings is 4. The lowest BCUT2D eigenvalue weighted by Crippen LogP contribution is -2.21. The van der Waals surface area contributed by atoms with Gasteiger partial charge in [-0.25, -0.2) is 14.8 Å². The van der Waals surface area contributed by atoms with E-state index >= 15 is 0 Å². The smallest absolute Gasteiger partial charge is 0.475 e. The molecule has 0 spiro atoms. The fourth-order valence-electron chi connectivity index (χ4n) is 4.41. The zero-order valence-electron chi connectivity index (χ0n) is 20.4. The van der Waals surface area contributed by atoms with E-state index in [2.05, 4.69) is 33.7 Å². The lowest BCUT2D eigenvalue weighted by Gasteiger charge is -2.12. The quantitative estimate of drug-likeness (QED) is 0.213. The number of furan rings is 1. The third kappa shape index (κ3) is 4.64. The highest BCUT2D eigenvalue weighted by molar-refractivity contribution is 6.12. The fraction of sp³-hybridized carbons (Fsp3) is 0.0345. The summed E-state index contributed by atoms with van der Waals surface area (Å²) in [6, 6.07) is 28.2. The molecule has 0 atom stereocenters. The Kier molecular flexibility index (Phi) is 6.03. The number of hydrogen-bond donors (Lipinski definition) is 3. The molecule has 198 valence electrons. The van der Waals surface area contributed by atoms with E-state index in [-0.39, 0.29) is 0 Å². The Balaban J connectivity index is 0.000000370. The molecule has 11 heteroatoms. The molecule has 8 nitrogen and oxygen atoms in total. The van der Waals surface area contributed by atoms with E-state index in [0.717, 1.165) is 60.8 Å². The number of halogens is 3. The average molecular weight is 541 g/mol. The van der Waals surface area contributed by atoms with Crippen LogP contribution in [0.25, 0.3) is 55.1 Å². The molecular formula is C29H18F3N5O3. The van der Waals surface area contributed by atoms with Gasteiger partial charge in [0.25, 0.3) is 0 Å². The Morgan fingerprint density at radius 3 is 2.40 bits per heavy atom. The van der Waals surface area contributed by atoms with Crippen LogP contribution >= 0.6 is 0 Å². The number of H-pyrrole nitrogens is 1. The number of aromatic nitrogens is 4. The van der Waals surface area contributed by atoms with Gasteiger partial charge in [0.2, 0.25) is 0 Å². The van der Waals surface area contributed by atoms with Gasteiger partial charge in [-0.1, -0.05) is 42.5 Å². The summed E-state index contributed by atoms with van der Waals surface area (Å²) in [7, 11) is 0. The molecule has 0 fully saturated rings. The summed E-state index contributed by atoms with van der Waals surface area (Å²) in [5, 5.41) is 21.8. The number of carboxylic acids is 1. The minimum atomic E-state index is -5.08. The summed E-state index contributed by atoms with van der Waals surface area (Å²) >= 11 is 0. The second kappa shape index (κ2) is 9.70. The number of nitrogens with zero attached hydrogens (tertiary/aromatic N) is 3. The van der Waals surface area contributed by atoms with Crippen LogP contribution < -0.4 is 5.32 Å². The molecule has 0 radical (unpaired) electrons. The normalized spacial score (nSPS) is 11.6. The van der Waals surface area contributed by atoms with Crippen molar-refractivity contribution in [1.82, 2.24) is 20.2 Å². The molecule has 3 heterocycles. The molecule has 0 aliphatic heterocycles. The molecule has 0 bridgehead atoms. The van der Waals surface area contributed by atoms with Crippen LogP contribution in [0.3, 0.4) is 0 Å². The Bertz CT molecular complexity index is 2030. The van der Waals surface area contributed by atoms with E-state index in [1.54, 1.807) is 0 Å². The van der Waals surface area contributed by atoms with Gasteiger partial charge in [0.15, 0.2) is 5.82 Å². The molecule has 0 saturated heterocycles. The maximum Gasteiger partial charge on any atom is 0.490 e. The molecule has 0 amide bonds. The van der Waals surface area contributed by atoms with Crippen molar-refractivity contribution in [2.24, 2.45) is 0 Å². The van der Waals surface area contributed by atoms with E-state index in [0.29, 0.717) is 5.82 Å². The maximum absolute atomic E-state index is 10.6. The van der Waals surface area contributed by atoms with Gasteiger partial charge >= 0.3 is 12.1 Å². The molecule has 0 unspecified atom stereocenters. The largest absolute Gasteiger partial charge is 0.490 e. The number of aliphatic carboxylic acids is 1. The topological polar surface area (TPSA) is 117 Å². The van der Waals surface area contributed by atoms with Gasteiger partial charge in [-0.05, 0) is 42.5 Å². The van der Waals surface area contributed by atoms with Gasteiger partial charge in [-0.3, -0.25) is 5.10 Å². The van der Waals surface area contributed by atoms with Gasteiger partial charge in [0.1, 0.15) is 17.0 Å². The molecule has 7 aromatic rings. The molecular weight excluding hydrogens is 523 g/mol. The summed E-state index contributed by atoms with van der Waals surface area (Å²) in [6.45, 7) is 0. The second-order valence-corrected chi connectivity index (χ2v) is 8.79. The lowest BCUT2D eigenvalue weighted by molar-refractivity contribution is -0.192. The van der Waals surface area contributed by atoms with Crippen molar-refractivity contribution in [3.05, 3.63) is 91.1 Å². The predicted molar refractivity (Wildman–Crippen MR) is 145 cm³/mol. The van der Waals surface area contributed by atoms with Crippen LogP contribution in [0.15, 0.2) is 95.5 Å². The highest BCUT2D eigenvalue weighted by Gasteiger charge is 2.38. The van der Waals surface area contributed by atoms with Crippen LogP contribution in [0.2, 0.25) is 0 Å². The van der Waals surface area contributed by atoms with Crippen LogP contribution in [-0.4, -0.2) is 37.4 Å². The average Bonchev–Trinajstić information content (AvgIpc) is 3.57. The van der Waals surface area contributed by atoms with Crippen LogP contribution in [0.1, 0.15) is 0 Å². The summed E-state index contributed by atoms with van der Waals surface area (Å²) < 4.78 is 37.8. The molecule has 4 aromatic carbocycles. The van der Waals surface area contributed by atoms with Crippen LogP contribution in [0, 0.1) is 0 Å². The van der Waals surface area contributed by atoms with E-state index in [9.17, 15) is 13.2 Å². The van der Waals surface area contributed by atoms with Crippen molar-refractivity contribution < 1.29 is 27.5 Å². The summed E-state index contributed by atoms with van der Waals surface area (Å²) in [5.74, 6) is -1.35. The number of hydrogen-bond acceptors (Lipinski definition) is 6. The Morgan fingerprint density at radius 2 is 1.60 bits per heavy atom. The number of fused-ring (bicyclic) bond motifs is 5. The predicted octanol–water partition coefficient (Wildman–Crippen LogP) is 7.45. The molecule has 3 N–H and O–H groups in total. The first kappa shape index (κ1) is 24.9. The fourth-order valence-corrected chi connectivity index (χ4v) is 4.41. The van der Waals surface area contributed by atoms with Gasteiger partial charge < -0.3 is 14.8 Å². The monoisotopic (exact) mass is 541 g/mol. The van der Waals surface area contributed by atoms with Crippen molar-refractivity contribution in [3.63, 3.8) is 0 Å². The third-order valence-electron chi connectivity index (χ3n) is 6.19. The van der Waals surface area contributed by atoms with Crippen molar-refractivity contribution in [2.75, 3.05) is 5.32 Å².